The first-order valence-corrected chi connectivity index (χ1v) is 22.8. The number of aromatic nitrogens is 2. The number of hydrogen-bond acceptors (Lipinski definition) is 1. The summed E-state index contributed by atoms with van der Waals surface area (Å²) in [5, 5.41) is 5.00. The number of hydrogen-bond donors (Lipinski definition) is 0. The van der Waals surface area contributed by atoms with Gasteiger partial charge in [0, 0.05) is 27.6 Å². The van der Waals surface area contributed by atoms with Gasteiger partial charge in [-0.25, -0.2) is 4.98 Å². The highest BCUT2D eigenvalue weighted by Gasteiger charge is 2.48. The molecule has 1 aliphatic carbocycles. The summed E-state index contributed by atoms with van der Waals surface area (Å²) in [4.78, 5) is 5.36. The molecule has 2 heterocycles. The van der Waals surface area contributed by atoms with E-state index in [0.717, 1.165) is 39.3 Å². The summed E-state index contributed by atoms with van der Waals surface area (Å²) in [6.07, 6.45) is 0. The van der Waals surface area contributed by atoms with Gasteiger partial charge in [0.05, 0.1) is 27.8 Å². The molecule has 0 amide bonds. The second kappa shape index (κ2) is 15.3. The standard InChI is InChI=1S/C64H42N2/c1-4-19-45(20-5-1)58-41-48(42-59(65-58)47-22-18-27-51(39-47)66-60-33-16-13-29-53(60)54-30-14-17-34-61(54)66)43-35-37-44(38-36-43)56-40-46-21-10-11-28-52(46)63-62(56)55-31-12-15-32-57(55)64(63,49-23-6-2-7-24-49)50-25-8-3-9-26-50/h1-42H. The summed E-state index contributed by atoms with van der Waals surface area (Å²) in [6.45, 7) is 0. The van der Waals surface area contributed by atoms with Gasteiger partial charge >= 0.3 is 0 Å². The van der Waals surface area contributed by atoms with Crippen molar-refractivity contribution in [3.05, 3.63) is 277 Å². The Kier molecular flexibility index (Phi) is 8.79. The Morgan fingerprint density at radius 3 is 1.55 bits per heavy atom. The van der Waals surface area contributed by atoms with E-state index in [2.05, 4.69) is 259 Å². The molecule has 0 N–H and O–H groups in total. The first-order valence-electron chi connectivity index (χ1n) is 22.8. The molecular formula is C64H42N2. The van der Waals surface area contributed by atoms with Gasteiger partial charge in [-0.2, -0.15) is 0 Å². The molecule has 0 bridgehead atoms. The van der Waals surface area contributed by atoms with Gasteiger partial charge in [0.2, 0.25) is 0 Å². The fourth-order valence-electron chi connectivity index (χ4n) is 11.0. The van der Waals surface area contributed by atoms with Crippen LogP contribution in [-0.2, 0) is 5.41 Å². The van der Waals surface area contributed by atoms with Gasteiger partial charge in [0.25, 0.3) is 0 Å². The number of nitrogens with zero attached hydrogens (tertiary/aromatic N) is 2. The van der Waals surface area contributed by atoms with Crippen LogP contribution in [0, 0.1) is 0 Å². The smallest absolute Gasteiger partial charge is 0.0719 e. The van der Waals surface area contributed by atoms with Crippen LogP contribution in [0.25, 0.3) is 94.2 Å². The van der Waals surface area contributed by atoms with E-state index >= 15 is 0 Å². The molecule has 308 valence electrons. The molecule has 0 spiro atoms. The number of rotatable bonds is 7. The van der Waals surface area contributed by atoms with Gasteiger partial charge in [-0.3, -0.25) is 0 Å². The molecule has 10 aromatic carbocycles. The second-order valence-corrected chi connectivity index (χ2v) is 17.4. The molecule has 0 fully saturated rings. The molecule has 66 heavy (non-hydrogen) atoms. The third-order valence-corrected chi connectivity index (χ3v) is 13.8. The van der Waals surface area contributed by atoms with E-state index in [0.29, 0.717) is 0 Å². The van der Waals surface area contributed by atoms with Crippen molar-refractivity contribution in [1.29, 1.82) is 0 Å². The highest BCUT2D eigenvalue weighted by atomic mass is 15.0. The van der Waals surface area contributed by atoms with Crippen molar-refractivity contribution >= 4 is 32.6 Å². The summed E-state index contributed by atoms with van der Waals surface area (Å²) >= 11 is 0. The second-order valence-electron chi connectivity index (χ2n) is 17.4. The van der Waals surface area contributed by atoms with Gasteiger partial charge in [-0.05, 0) is 109 Å². The van der Waals surface area contributed by atoms with Crippen LogP contribution in [-0.4, -0.2) is 9.55 Å². The average Bonchev–Trinajstić information content (AvgIpc) is 3.91. The van der Waals surface area contributed by atoms with Crippen molar-refractivity contribution < 1.29 is 0 Å². The van der Waals surface area contributed by atoms with Gasteiger partial charge in [-0.1, -0.05) is 212 Å². The summed E-state index contributed by atoms with van der Waals surface area (Å²) in [6, 6.07) is 93.1. The molecule has 0 radical (unpaired) electrons. The molecule has 2 heteroatoms. The van der Waals surface area contributed by atoms with Crippen LogP contribution in [0.5, 0.6) is 0 Å². The molecule has 0 atom stereocenters. The van der Waals surface area contributed by atoms with Gasteiger partial charge in [-0.15, -0.1) is 0 Å². The van der Waals surface area contributed by atoms with Crippen LogP contribution in [0.2, 0.25) is 0 Å². The van der Waals surface area contributed by atoms with Crippen molar-refractivity contribution in [3.8, 4) is 61.6 Å². The molecule has 0 aliphatic heterocycles. The summed E-state index contributed by atoms with van der Waals surface area (Å²) in [7, 11) is 0. The Morgan fingerprint density at radius 1 is 0.333 bits per heavy atom. The number of fused-ring (bicyclic) bond motifs is 8. The van der Waals surface area contributed by atoms with E-state index in [4.69, 9.17) is 4.98 Å². The third kappa shape index (κ3) is 5.85. The highest BCUT2D eigenvalue weighted by molar-refractivity contribution is 6.09. The predicted octanol–water partition coefficient (Wildman–Crippen LogP) is 16.4. The van der Waals surface area contributed by atoms with E-state index < -0.39 is 5.41 Å². The Hall–Kier alpha value is -8.59. The number of benzene rings is 10. The monoisotopic (exact) mass is 838 g/mol. The zero-order valence-electron chi connectivity index (χ0n) is 36.1. The molecule has 2 aromatic heterocycles. The molecule has 0 unspecified atom stereocenters. The molecule has 0 saturated heterocycles. The van der Waals surface area contributed by atoms with Gasteiger partial charge < -0.3 is 4.57 Å². The van der Waals surface area contributed by atoms with E-state index in [1.54, 1.807) is 0 Å². The number of pyridine rings is 1. The maximum Gasteiger partial charge on any atom is 0.0719 e. The van der Waals surface area contributed by atoms with Gasteiger partial charge in [0.1, 0.15) is 0 Å². The van der Waals surface area contributed by atoms with Crippen molar-refractivity contribution in [2.75, 3.05) is 0 Å². The first-order chi connectivity index (χ1) is 32.7. The lowest BCUT2D eigenvalue weighted by molar-refractivity contribution is 0.775. The van der Waals surface area contributed by atoms with Crippen molar-refractivity contribution in [2.24, 2.45) is 0 Å². The van der Waals surface area contributed by atoms with Crippen LogP contribution >= 0.6 is 0 Å². The molecule has 13 rings (SSSR count). The summed E-state index contributed by atoms with van der Waals surface area (Å²) in [5.41, 5.74) is 19.4. The van der Waals surface area contributed by atoms with Crippen LogP contribution in [0.15, 0.2) is 255 Å². The quantitative estimate of drug-likeness (QED) is 0.156. The lowest BCUT2D eigenvalue weighted by Gasteiger charge is -2.35. The Balaban J connectivity index is 0.979. The molecule has 2 nitrogen and oxygen atoms in total. The van der Waals surface area contributed by atoms with Crippen LogP contribution < -0.4 is 0 Å². The zero-order chi connectivity index (χ0) is 43.6. The Morgan fingerprint density at radius 2 is 0.864 bits per heavy atom. The first kappa shape index (κ1) is 37.9. The molecule has 1 aliphatic rings. The topological polar surface area (TPSA) is 17.8 Å². The van der Waals surface area contributed by atoms with Crippen molar-refractivity contribution in [1.82, 2.24) is 9.55 Å². The minimum atomic E-state index is -0.510. The normalized spacial score (nSPS) is 12.7. The van der Waals surface area contributed by atoms with Crippen LogP contribution in [0.3, 0.4) is 0 Å². The third-order valence-electron chi connectivity index (χ3n) is 13.8. The zero-order valence-corrected chi connectivity index (χ0v) is 36.1. The number of para-hydroxylation sites is 2. The summed E-state index contributed by atoms with van der Waals surface area (Å²) in [5.74, 6) is 0. The molecular weight excluding hydrogens is 797 g/mol. The van der Waals surface area contributed by atoms with Crippen LogP contribution in [0.4, 0.5) is 0 Å². The minimum absolute atomic E-state index is 0.510. The van der Waals surface area contributed by atoms with E-state index in [9.17, 15) is 0 Å². The Labute approximate surface area is 384 Å². The fourth-order valence-corrected chi connectivity index (χ4v) is 11.0. The van der Waals surface area contributed by atoms with E-state index in [-0.39, 0.29) is 0 Å². The molecule has 12 aromatic rings. The van der Waals surface area contributed by atoms with E-state index in [1.807, 2.05) is 0 Å². The SMILES string of the molecule is c1ccc(-c2cc(-c3ccc(-c4cc5ccccc5c5c4-c4ccccc4C5(c4ccccc4)c4ccccc4)cc3)cc(-c3cccc(-n4c5ccccc5c5ccccc54)c3)n2)cc1. The van der Waals surface area contributed by atoms with Gasteiger partial charge in [0.15, 0.2) is 0 Å². The lowest BCUT2D eigenvalue weighted by atomic mass is 9.66. The van der Waals surface area contributed by atoms with Crippen molar-refractivity contribution in [2.45, 2.75) is 5.41 Å². The van der Waals surface area contributed by atoms with Crippen molar-refractivity contribution in [3.63, 3.8) is 0 Å². The highest BCUT2D eigenvalue weighted by Crippen LogP contribution is 2.60. The fraction of sp³-hybridized carbons (Fsp3) is 0.0156. The average molecular weight is 839 g/mol. The molecule has 0 saturated carbocycles. The predicted molar refractivity (Wildman–Crippen MR) is 275 cm³/mol. The minimum Gasteiger partial charge on any atom is -0.309 e. The van der Waals surface area contributed by atoms with Crippen LogP contribution in [0.1, 0.15) is 22.3 Å². The largest absolute Gasteiger partial charge is 0.309 e. The van der Waals surface area contributed by atoms with E-state index in [1.165, 1.54) is 77.1 Å². The maximum atomic E-state index is 5.36. The lowest BCUT2D eigenvalue weighted by Crippen LogP contribution is -2.28. The Bertz CT molecular complexity index is 3700. The summed E-state index contributed by atoms with van der Waals surface area (Å²) < 4.78 is 2.38. The maximum absolute atomic E-state index is 5.36.